The van der Waals surface area contributed by atoms with E-state index in [1.165, 1.54) is 148 Å². The maximum Gasteiger partial charge on any atom is 0.306 e. The topological polar surface area (TPSA) is 78.9 Å². The molecule has 0 aromatic heterocycles. The molecule has 0 fully saturated rings. The molecule has 0 aliphatic carbocycles. The van der Waals surface area contributed by atoms with Crippen molar-refractivity contribution in [1.82, 2.24) is 0 Å². The Morgan fingerprint density at radius 3 is 0.873 bits per heavy atom. The number of carbonyl (C=O) groups excluding carboxylic acids is 3. The first kappa shape index (κ1) is 67.6. The lowest BCUT2D eigenvalue weighted by molar-refractivity contribution is -0.167. The van der Waals surface area contributed by atoms with Crippen LogP contribution in [0.3, 0.4) is 0 Å². The molecule has 0 aliphatic rings. The van der Waals surface area contributed by atoms with E-state index in [-0.39, 0.29) is 31.1 Å². The molecule has 0 rings (SSSR count). The van der Waals surface area contributed by atoms with Crippen molar-refractivity contribution in [3.63, 3.8) is 0 Å². The van der Waals surface area contributed by atoms with Gasteiger partial charge in [-0.1, -0.05) is 260 Å². The van der Waals surface area contributed by atoms with Gasteiger partial charge in [-0.25, -0.2) is 0 Å². The summed E-state index contributed by atoms with van der Waals surface area (Å²) in [5.41, 5.74) is 0. The van der Waals surface area contributed by atoms with Crippen LogP contribution in [0.15, 0.2) is 85.1 Å². The van der Waals surface area contributed by atoms with Crippen molar-refractivity contribution in [3.05, 3.63) is 85.1 Å². The fourth-order valence-corrected chi connectivity index (χ4v) is 8.38. The van der Waals surface area contributed by atoms with Crippen molar-refractivity contribution < 1.29 is 28.6 Å². The first-order valence-corrected chi connectivity index (χ1v) is 30.1. The minimum atomic E-state index is -0.791. The van der Waals surface area contributed by atoms with Gasteiger partial charge in [0.1, 0.15) is 13.2 Å². The van der Waals surface area contributed by atoms with E-state index in [0.717, 1.165) is 103 Å². The molecule has 0 aromatic rings. The third-order valence-corrected chi connectivity index (χ3v) is 12.9. The Labute approximate surface area is 439 Å². The van der Waals surface area contributed by atoms with Gasteiger partial charge >= 0.3 is 17.9 Å². The smallest absolute Gasteiger partial charge is 0.306 e. The van der Waals surface area contributed by atoms with E-state index in [2.05, 4.69) is 106 Å². The van der Waals surface area contributed by atoms with Gasteiger partial charge < -0.3 is 14.2 Å². The maximum atomic E-state index is 12.8. The van der Waals surface area contributed by atoms with Crippen LogP contribution in [0, 0.1) is 0 Å². The van der Waals surface area contributed by atoms with Gasteiger partial charge in [0.2, 0.25) is 0 Å². The highest BCUT2D eigenvalue weighted by Crippen LogP contribution is 2.16. The number of esters is 3. The lowest BCUT2D eigenvalue weighted by atomic mass is 10.0. The van der Waals surface area contributed by atoms with E-state index < -0.39 is 6.10 Å². The predicted octanol–water partition coefficient (Wildman–Crippen LogP) is 20.3. The van der Waals surface area contributed by atoms with Crippen molar-refractivity contribution in [1.29, 1.82) is 0 Å². The fourth-order valence-electron chi connectivity index (χ4n) is 8.38. The van der Waals surface area contributed by atoms with Crippen LogP contribution < -0.4 is 0 Å². The summed E-state index contributed by atoms with van der Waals surface area (Å²) in [5.74, 6) is -0.921. The molecule has 408 valence electrons. The Bertz CT molecular complexity index is 1370. The number of rotatable bonds is 54. The van der Waals surface area contributed by atoms with Crippen LogP contribution >= 0.6 is 0 Å². The van der Waals surface area contributed by atoms with Gasteiger partial charge in [-0.05, 0) is 96.3 Å². The Morgan fingerprint density at radius 1 is 0.296 bits per heavy atom. The Morgan fingerprint density at radius 2 is 0.549 bits per heavy atom. The summed E-state index contributed by atoms with van der Waals surface area (Å²) in [7, 11) is 0. The summed E-state index contributed by atoms with van der Waals surface area (Å²) in [4.78, 5) is 38.0. The normalized spacial score (nSPS) is 12.7. The average Bonchev–Trinajstić information content (AvgIpc) is 3.37. The van der Waals surface area contributed by atoms with E-state index in [1.807, 2.05) is 0 Å². The summed E-state index contributed by atoms with van der Waals surface area (Å²) < 4.78 is 16.8. The van der Waals surface area contributed by atoms with E-state index in [4.69, 9.17) is 14.2 Å². The molecule has 0 bridgehead atoms. The molecule has 0 radical (unpaired) electrons. The van der Waals surface area contributed by atoms with Gasteiger partial charge in [0.25, 0.3) is 0 Å². The van der Waals surface area contributed by atoms with Crippen LogP contribution in [-0.4, -0.2) is 37.2 Å². The minimum Gasteiger partial charge on any atom is -0.462 e. The molecule has 1 unspecified atom stereocenters. The number of ether oxygens (including phenoxy) is 3. The van der Waals surface area contributed by atoms with E-state index in [0.29, 0.717) is 19.3 Å². The summed E-state index contributed by atoms with van der Waals surface area (Å²) >= 11 is 0. The van der Waals surface area contributed by atoms with Gasteiger partial charge in [-0.15, -0.1) is 0 Å². The van der Waals surface area contributed by atoms with Crippen LogP contribution in [0.1, 0.15) is 290 Å². The number of hydrogen-bond acceptors (Lipinski definition) is 6. The molecule has 6 heteroatoms. The summed E-state index contributed by atoms with van der Waals surface area (Å²) in [6, 6.07) is 0. The SMILES string of the molecule is CC/C=C\C/C=C\C/C=C\C/C=C\C/C=C\CCCCCC(=O)OC(COC(=O)CCCCCCCCC)COC(=O)CCCCCCCCCCCCCCCCC/C=C\C/C=C\CCCCCCC. The number of unbranched alkanes of at least 4 members (excludes halogenated alkanes) is 29. The first-order valence-electron chi connectivity index (χ1n) is 30.1. The maximum absolute atomic E-state index is 12.8. The molecule has 0 heterocycles. The Kier molecular flexibility index (Phi) is 56.3. The van der Waals surface area contributed by atoms with Crippen LogP contribution in [0.4, 0.5) is 0 Å². The zero-order valence-corrected chi connectivity index (χ0v) is 46.7. The number of hydrogen-bond donors (Lipinski definition) is 0. The molecule has 0 N–H and O–H groups in total. The molecular formula is C65H112O6. The van der Waals surface area contributed by atoms with Crippen molar-refractivity contribution >= 4 is 17.9 Å². The number of carbonyl (C=O) groups is 3. The molecule has 0 saturated heterocycles. The second-order valence-electron chi connectivity index (χ2n) is 19.9. The van der Waals surface area contributed by atoms with E-state index >= 15 is 0 Å². The second kappa shape index (κ2) is 59.2. The van der Waals surface area contributed by atoms with Gasteiger partial charge in [-0.2, -0.15) is 0 Å². The zero-order chi connectivity index (χ0) is 51.4. The molecule has 0 aliphatic heterocycles. The molecule has 71 heavy (non-hydrogen) atoms. The Balaban J connectivity index is 4.17. The van der Waals surface area contributed by atoms with Crippen molar-refractivity contribution in [2.24, 2.45) is 0 Å². The first-order chi connectivity index (χ1) is 35.0. The van der Waals surface area contributed by atoms with E-state index in [1.54, 1.807) is 0 Å². The van der Waals surface area contributed by atoms with E-state index in [9.17, 15) is 14.4 Å². The summed E-state index contributed by atoms with van der Waals surface area (Å²) in [6.45, 7) is 6.46. The minimum absolute atomic E-state index is 0.0883. The van der Waals surface area contributed by atoms with Gasteiger partial charge in [-0.3, -0.25) is 14.4 Å². The van der Waals surface area contributed by atoms with Crippen LogP contribution in [0.5, 0.6) is 0 Å². The van der Waals surface area contributed by atoms with Crippen LogP contribution in [0.25, 0.3) is 0 Å². The fraction of sp³-hybridized carbons (Fsp3) is 0.738. The van der Waals surface area contributed by atoms with Crippen molar-refractivity contribution in [2.75, 3.05) is 13.2 Å². The average molecular weight is 990 g/mol. The van der Waals surface area contributed by atoms with Crippen LogP contribution in [0.2, 0.25) is 0 Å². The lowest BCUT2D eigenvalue weighted by Gasteiger charge is -2.18. The Hall–Kier alpha value is -3.41. The molecule has 0 saturated carbocycles. The molecule has 0 aromatic carbocycles. The second-order valence-corrected chi connectivity index (χ2v) is 19.9. The molecule has 6 nitrogen and oxygen atoms in total. The summed E-state index contributed by atoms with van der Waals surface area (Å²) in [6.07, 6.45) is 77.5. The molecular weight excluding hydrogens is 877 g/mol. The highest BCUT2D eigenvalue weighted by Gasteiger charge is 2.19. The molecule has 0 spiro atoms. The third kappa shape index (κ3) is 57.4. The van der Waals surface area contributed by atoms with Crippen molar-refractivity contribution in [2.45, 2.75) is 297 Å². The largest absolute Gasteiger partial charge is 0.462 e. The van der Waals surface area contributed by atoms with Gasteiger partial charge in [0.15, 0.2) is 6.10 Å². The molecule has 1 atom stereocenters. The van der Waals surface area contributed by atoms with Gasteiger partial charge in [0.05, 0.1) is 0 Å². The summed E-state index contributed by atoms with van der Waals surface area (Å²) in [5, 5.41) is 0. The quantitative estimate of drug-likeness (QED) is 0.0261. The van der Waals surface area contributed by atoms with Gasteiger partial charge in [0, 0.05) is 19.3 Å². The van der Waals surface area contributed by atoms with Crippen LogP contribution in [-0.2, 0) is 28.6 Å². The monoisotopic (exact) mass is 989 g/mol. The highest BCUT2D eigenvalue weighted by molar-refractivity contribution is 5.71. The zero-order valence-electron chi connectivity index (χ0n) is 46.7. The third-order valence-electron chi connectivity index (χ3n) is 12.9. The van der Waals surface area contributed by atoms with Crippen molar-refractivity contribution in [3.8, 4) is 0 Å². The lowest BCUT2D eigenvalue weighted by Crippen LogP contribution is -2.30. The number of allylic oxidation sites excluding steroid dienone is 14. The standard InChI is InChI=1S/C65H112O6/c1-4-7-10-13-16-18-20-22-24-26-28-29-30-31-32-33-34-35-37-38-40-42-44-46-49-52-55-58-64(67)70-61-62(60-69-63(66)57-54-51-48-15-12-9-6-3)71-65(68)59-56-53-50-47-45-43-41-39-36-27-25-23-21-19-17-14-11-8-5-2/h8,11,17,19-20,22-23,25-26,28,36,39,43,45,62H,4-7,9-10,12-16,18,21,24,27,29-35,37-38,40-42,44,46-61H2,1-3H3/b11-8-,19-17-,22-20-,25-23-,28-26-,39-36-,45-43-. The predicted molar refractivity (Wildman–Crippen MR) is 307 cm³/mol. The highest BCUT2D eigenvalue weighted by atomic mass is 16.6. The molecule has 0 amide bonds.